The van der Waals surface area contributed by atoms with Gasteiger partial charge in [-0.25, -0.2) is 9.59 Å². The van der Waals surface area contributed by atoms with Gasteiger partial charge in [0.1, 0.15) is 5.75 Å². The molecule has 35 heavy (non-hydrogen) atoms. The zero-order chi connectivity index (χ0) is 25.1. The van der Waals surface area contributed by atoms with Crippen LogP contribution in [0.4, 0.5) is 5.69 Å². The second kappa shape index (κ2) is 9.97. The third kappa shape index (κ3) is 4.47. The minimum Gasteiger partial charge on any atom is -0.462 e. The van der Waals surface area contributed by atoms with E-state index in [1.807, 2.05) is 31.2 Å². The van der Waals surface area contributed by atoms with E-state index in [2.05, 4.69) is 11.5 Å². The molecular weight excluding hydrogens is 448 g/mol. The van der Waals surface area contributed by atoms with E-state index in [-0.39, 0.29) is 23.6 Å². The molecule has 8 nitrogen and oxygen atoms in total. The van der Waals surface area contributed by atoms with Crippen LogP contribution in [-0.2, 0) is 11.3 Å². The van der Waals surface area contributed by atoms with Crippen molar-refractivity contribution in [2.75, 3.05) is 6.61 Å². The molecule has 0 spiro atoms. The fourth-order valence-corrected chi connectivity index (χ4v) is 4.35. The number of fused-ring (bicyclic) bond motifs is 3. The molecule has 0 N–H and O–H groups in total. The van der Waals surface area contributed by atoms with Crippen LogP contribution in [0.3, 0.4) is 0 Å². The van der Waals surface area contributed by atoms with Gasteiger partial charge < -0.3 is 14.0 Å². The molecule has 3 aromatic carbocycles. The fraction of sp³-hybridized carbons (Fsp3) is 0.259. The summed E-state index contributed by atoms with van der Waals surface area (Å²) in [6.45, 7) is 6.73. The molecular formula is C27H26N2O6. The first kappa shape index (κ1) is 23.9. The van der Waals surface area contributed by atoms with Gasteiger partial charge in [0.05, 0.1) is 28.2 Å². The van der Waals surface area contributed by atoms with Gasteiger partial charge in [-0.05, 0) is 32.4 Å². The second-order valence-electron chi connectivity index (χ2n) is 8.20. The molecule has 0 bridgehead atoms. The van der Waals surface area contributed by atoms with Gasteiger partial charge in [0.25, 0.3) is 5.69 Å². The SMILES string of the molecule is CCCCn1c(C)c(C(=O)OCC)c2cc(OC(=O)c3cccc([N+](=O)[O-])c3)c3ccccc3c21. The molecule has 0 saturated carbocycles. The van der Waals surface area contributed by atoms with E-state index >= 15 is 0 Å². The van der Waals surface area contributed by atoms with Crippen molar-refractivity contribution < 1.29 is 24.0 Å². The Morgan fingerprint density at radius 1 is 0.971 bits per heavy atom. The standard InChI is InChI=1S/C27H26N2O6/c1-4-6-14-28-17(3)24(27(31)34-5-2)22-16-23(20-12-7-8-13-21(20)25(22)28)35-26(30)18-10-9-11-19(15-18)29(32)33/h7-13,15-16H,4-6,14H2,1-3H3. The van der Waals surface area contributed by atoms with Crippen molar-refractivity contribution in [1.29, 1.82) is 0 Å². The maximum absolute atomic E-state index is 13.0. The fourth-order valence-electron chi connectivity index (χ4n) is 4.35. The van der Waals surface area contributed by atoms with E-state index in [0.29, 0.717) is 16.3 Å². The third-order valence-electron chi connectivity index (χ3n) is 5.99. The molecule has 0 aliphatic heterocycles. The Balaban J connectivity index is 1.92. The van der Waals surface area contributed by atoms with Gasteiger partial charge in [-0.2, -0.15) is 0 Å². The molecule has 0 saturated heterocycles. The van der Waals surface area contributed by atoms with Crippen LogP contribution in [0.5, 0.6) is 5.75 Å². The Bertz CT molecular complexity index is 1450. The molecule has 0 unspecified atom stereocenters. The summed E-state index contributed by atoms with van der Waals surface area (Å²) in [7, 11) is 0. The van der Waals surface area contributed by atoms with Crippen molar-refractivity contribution in [1.82, 2.24) is 4.57 Å². The van der Waals surface area contributed by atoms with E-state index in [1.165, 1.54) is 24.3 Å². The van der Waals surface area contributed by atoms with Gasteiger partial charge in [-0.1, -0.05) is 43.7 Å². The summed E-state index contributed by atoms with van der Waals surface area (Å²) in [5, 5.41) is 13.3. The van der Waals surface area contributed by atoms with Gasteiger partial charge in [-0.3, -0.25) is 10.1 Å². The average Bonchev–Trinajstić information content (AvgIpc) is 3.14. The molecule has 0 radical (unpaired) electrons. The lowest BCUT2D eigenvalue weighted by Gasteiger charge is -2.12. The van der Waals surface area contributed by atoms with Gasteiger partial charge in [-0.15, -0.1) is 0 Å². The van der Waals surface area contributed by atoms with E-state index in [1.54, 1.807) is 13.0 Å². The van der Waals surface area contributed by atoms with Gasteiger partial charge >= 0.3 is 11.9 Å². The summed E-state index contributed by atoms with van der Waals surface area (Å²) in [5.41, 5.74) is 1.97. The van der Waals surface area contributed by atoms with Crippen molar-refractivity contribution in [3.8, 4) is 5.75 Å². The van der Waals surface area contributed by atoms with Crippen molar-refractivity contribution in [2.24, 2.45) is 0 Å². The summed E-state index contributed by atoms with van der Waals surface area (Å²) >= 11 is 0. The van der Waals surface area contributed by atoms with E-state index < -0.39 is 16.9 Å². The van der Waals surface area contributed by atoms with E-state index in [0.717, 1.165) is 36.0 Å². The average molecular weight is 475 g/mol. The number of carbonyl (C=O) groups is 2. The molecule has 1 aromatic heterocycles. The van der Waals surface area contributed by atoms with Crippen molar-refractivity contribution in [3.63, 3.8) is 0 Å². The number of unbranched alkanes of at least 4 members (excludes halogenated alkanes) is 1. The number of hydrogen-bond acceptors (Lipinski definition) is 6. The van der Waals surface area contributed by atoms with Crippen LogP contribution in [0.1, 0.15) is 53.1 Å². The summed E-state index contributed by atoms with van der Waals surface area (Å²) in [6, 6.07) is 14.6. The summed E-state index contributed by atoms with van der Waals surface area (Å²) in [6.07, 6.45) is 1.93. The number of carbonyl (C=O) groups excluding carboxylic acids is 2. The first-order valence-corrected chi connectivity index (χ1v) is 11.6. The number of nitro groups is 1. The van der Waals surface area contributed by atoms with Crippen molar-refractivity contribution in [3.05, 3.63) is 81.5 Å². The molecule has 1 heterocycles. The van der Waals surface area contributed by atoms with Crippen LogP contribution in [0.15, 0.2) is 54.6 Å². The monoisotopic (exact) mass is 474 g/mol. The maximum Gasteiger partial charge on any atom is 0.343 e. The lowest BCUT2D eigenvalue weighted by Crippen LogP contribution is -2.09. The Morgan fingerprint density at radius 3 is 2.40 bits per heavy atom. The highest BCUT2D eigenvalue weighted by Gasteiger charge is 2.25. The third-order valence-corrected chi connectivity index (χ3v) is 5.99. The van der Waals surface area contributed by atoms with Gasteiger partial charge in [0.15, 0.2) is 0 Å². The lowest BCUT2D eigenvalue weighted by atomic mass is 10.0. The summed E-state index contributed by atoms with van der Waals surface area (Å²) < 4.78 is 13.2. The van der Waals surface area contributed by atoms with Crippen LogP contribution < -0.4 is 4.74 Å². The zero-order valence-corrected chi connectivity index (χ0v) is 19.9. The highest BCUT2D eigenvalue weighted by atomic mass is 16.6. The van der Waals surface area contributed by atoms with Crippen LogP contribution in [0.25, 0.3) is 21.7 Å². The molecule has 8 heteroatoms. The number of nitrogens with zero attached hydrogens (tertiary/aromatic N) is 2. The number of hydrogen-bond donors (Lipinski definition) is 0. The largest absolute Gasteiger partial charge is 0.462 e. The molecule has 0 fully saturated rings. The maximum atomic E-state index is 13.0. The zero-order valence-electron chi connectivity index (χ0n) is 19.9. The molecule has 0 amide bonds. The lowest BCUT2D eigenvalue weighted by molar-refractivity contribution is -0.384. The molecule has 0 aliphatic carbocycles. The Morgan fingerprint density at radius 2 is 1.71 bits per heavy atom. The number of aryl methyl sites for hydroxylation is 1. The smallest absolute Gasteiger partial charge is 0.343 e. The van der Waals surface area contributed by atoms with Crippen molar-refractivity contribution >= 4 is 39.3 Å². The predicted octanol–water partition coefficient (Wildman–Crippen LogP) is 6.21. The highest BCUT2D eigenvalue weighted by Crippen LogP contribution is 2.38. The van der Waals surface area contributed by atoms with Crippen LogP contribution in [0.2, 0.25) is 0 Å². The Hall–Kier alpha value is -4.20. The number of rotatable bonds is 8. The first-order chi connectivity index (χ1) is 16.9. The van der Waals surface area contributed by atoms with E-state index in [4.69, 9.17) is 9.47 Å². The molecule has 4 rings (SSSR count). The number of non-ortho nitro benzene ring substituents is 1. The highest BCUT2D eigenvalue weighted by molar-refractivity contribution is 6.16. The summed E-state index contributed by atoms with van der Waals surface area (Å²) in [4.78, 5) is 36.5. The number of esters is 2. The summed E-state index contributed by atoms with van der Waals surface area (Å²) in [5.74, 6) is -0.891. The van der Waals surface area contributed by atoms with Gasteiger partial charge in [0.2, 0.25) is 0 Å². The quantitative estimate of drug-likeness (QED) is 0.130. The van der Waals surface area contributed by atoms with E-state index in [9.17, 15) is 19.7 Å². The number of nitro benzene ring substituents is 1. The number of ether oxygens (including phenoxy) is 2. The van der Waals surface area contributed by atoms with Gasteiger partial charge in [0, 0.05) is 40.5 Å². The van der Waals surface area contributed by atoms with Crippen LogP contribution >= 0.6 is 0 Å². The second-order valence-corrected chi connectivity index (χ2v) is 8.20. The van der Waals surface area contributed by atoms with Crippen LogP contribution in [-0.4, -0.2) is 28.0 Å². The first-order valence-electron chi connectivity index (χ1n) is 11.6. The van der Waals surface area contributed by atoms with Crippen molar-refractivity contribution in [2.45, 2.75) is 40.2 Å². The molecule has 180 valence electrons. The molecule has 0 aliphatic rings. The normalized spacial score (nSPS) is 11.1. The molecule has 0 atom stereocenters. The van der Waals surface area contributed by atoms with Crippen LogP contribution in [0, 0.1) is 17.0 Å². The predicted molar refractivity (Wildman–Crippen MR) is 133 cm³/mol. The Labute approximate surface area is 202 Å². The minimum absolute atomic E-state index is 0.0608. The topological polar surface area (TPSA) is 101 Å². The number of aromatic nitrogens is 1. The minimum atomic E-state index is -0.724. The molecule has 4 aromatic rings. The number of benzene rings is 3. The Kier molecular flexibility index (Phi) is 6.82.